The molecule has 0 bridgehead atoms. The molecule has 16 atom stereocenters. The fraction of sp³-hybridized carbons (Fsp3) is 0.838. The third-order valence-electron chi connectivity index (χ3n) is 12.6. The van der Waals surface area contributed by atoms with Gasteiger partial charge >= 0.3 is 11.9 Å². The lowest BCUT2D eigenvalue weighted by atomic mass is 9.59. The van der Waals surface area contributed by atoms with Gasteiger partial charge in [0.25, 0.3) is 0 Å². The summed E-state index contributed by atoms with van der Waals surface area (Å²) >= 11 is 0. The van der Waals surface area contributed by atoms with Crippen molar-refractivity contribution in [3.63, 3.8) is 0 Å². The Bertz CT molecular complexity index is 1290. The molecule has 6 aliphatic rings. The zero-order chi connectivity index (χ0) is 35.1. The molecule has 0 spiro atoms. The van der Waals surface area contributed by atoms with Gasteiger partial charge in [0.05, 0.1) is 24.5 Å². The highest BCUT2D eigenvalue weighted by molar-refractivity contribution is 5.99. The summed E-state index contributed by atoms with van der Waals surface area (Å²) in [6.07, 6.45) is 3.30. The number of ether oxygens (including phenoxy) is 7. The van der Waals surface area contributed by atoms with Crippen LogP contribution in [0, 0.1) is 41.4 Å². The van der Waals surface area contributed by atoms with Crippen molar-refractivity contribution in [3.8, 4) is 0 Å². The number of esters is 2. The van der Waals surface area contributed by atoms with E-state index >= 15 is 0 Å². The van der Waals surface area contributed by atoms with Crippen LogP contribution in [0.25, 0.3) is 0 Å². The number of carbonyl (C=O) groups is 4. The molecule has 49 heavy (non-hydrogen) atoms. The normalized spacial score (nSPS) is 45.4. The van der Waals surface area contributed by atoms with Crippen molar-refractivity contribution in [1.29, 1.82) is 0 Å². The minimum absolute atomic E-state index is 0.000965. The summed E-state index contributed by atoms with van der Waals surface area (Å²) in [5.41, 5.74) is 0.616. The van der Waals surface area contributed by atoms with Crippen LogP contribution in [0.2, 0.25) is 0 Å². The maximum absolute atomic E-state index is 14.4. The van der Waals surface area contributed by atoms with Crippen molar-refractivity contribution in [2.75, 3.05) is 21.3 Å². The van der Waals surface area contributed by atoms with Crippen LogP contribution in [0.4, 0.5) is 0 Å². The Labute approximate surface area is 289 Å². The predicted molar refractivity (Wildman–Crippen MR) is 175 cm³/mol. The van der Waals surface area contributed by atoms with E-state index in [1.54, 1.807) is 21.3 Å². The molecule has 3 heterocycles. The molecule has 3 aliphatic heterocycles. The molecule has 0 aromatic carbocycles. The highest BCUT2D eigenvalue weighted by Crippen LogP contribution is 2.60. The topological polar surface area (TPSA) is 145 Å². The molecule has 12 nitrogen and oxygen atoms in total. The first kappa shape index (κ1) is 36.4. The fourth-order valence-electron chi connectivity index (χ4n) is 10.4. The van der Waals surface area contributed by atoms with Crippen LogP contribution in [0.5, 0.6) is 0 Å². The van der Waals surface area contributed by atoms with Gasteiger partial charge in [-0.25, -0.2) is 0 Å². The fourth-order valence-corrected chi connectivity index (χ4v) is 10.4. The van der Waals surface area contributed by atoms with Gasteiger partial charge in [-0.15, -0.1) is 0 Å². The van der Waals surface area contributed by atoms with Crippen molar-refractivity contribution in [2.45, 2.75) is 134 Å². The van der Waals surface area contributed by atoms with Gasteiger partial charge in [-0.2, -0.15) is 0 Å². The van der Waals surface area contributed by atoms with Crippen LogP contribution in [0.3, 0.4) is 0 Å². The van der Waals surface area contributed by atoms with E-state index in [0.29, 0.717) is 44.1 Å². The van der Waals surface area contributed by atoms with E-state index in [2.05, 4.69) is 11.4 Å². The molecule has 3 saturated heterocycles. The van der Waals surface area contributed by atoms with Crippen molar-refractivity contribution in [2.24, 2.45) is 41.4 Å². The number of hydrogen-bond acceptors (Lipinski definition) is 11. The number of methoxy groups -OCH3 is 3. The zero-order valence-electron chi connectivity index (χ0n) is 30.0. The zero-order valence-corrected chi connectivity index (χ0v) is 30.0. The van der Waals surface area contributed by atoms with E-state index in [9.17, 15) is 19.2 Å². The average molecular weight is 690 g/mol. The second-order valence-electron chi connectivity index (χ2n) is 15.2. The average Bonchev–Trinajstić information content (AvgIpc) is 3.76. The summed E-state index contributed by atoms with van der Waals surface area (Å²) in [6, 6.07) is -0.0868. The molecule has 0 aromatic rings. The Kier molecular flexibility index (Phi) is 11.2. The Hall–Kier alpha value is -2.38. The van der Waals surface area contributed by atoms with E-state index < -0.39 is 36.3 Å². The first-order chi connectivity index (χ1) is 23.5. The lowest BCUT2D eigenvalue weighted by molar-refractivity contribution is -0.314. The number of Topliss-reactive ketones (excluding diaryl/α,β-unsaturated/α-hetero) is 1. The van der Waals surface area contributed by atoms with Gasteiger partial charge in [0, 0.05) is 46.6 Å². The molecule has 12 heteroatoms. The van der Waals surface area contributed by atoms with Gasteiger partial charge in [-0.05, 0) is 80.6 Å². The van der Waals surface area contributed by atoms with Gasteiger partial charge in [-0.3, -0.25) is 19.2 Å². The lowest BCUT2D eigenvalue weighted by Crippen LogP contribution is -2.59. The van der Waals surface area contributed by atoms with Gasteiger partial charge in [-0.1, -0.05) is 19.9 Å². The van der Waals surface area contributed by atoms with Crippen LogP contribution < -0.4 is 5.32 Å². The largest absolute Gasteiger partial charge is 0.462 e. The molecule has 0 aromatic heterocycles. The third-order valence-corrected chi connectivity index (χ3v) is 12.6. The van der Waals surface area contributed by atoms with Crippen LogP contribution in [0.15, 0.2) is 11.6 Å². The molecule has 1 N–H and O–H groups in total. The maximum Gasteiger partial charge on any atom is 0.306 e. The number of cyclic esters (lactones) is 1. The smallest absolute Gasteiger partial charge is 0.306 e. The molecule has 0 radical (unpaired) electrons. The number of amides is 1. The molecular weight excluding hydrogens is 634 g/mol. The van der Waals surface area contributed by atoms with Crippen molar-refractivity contribution >= 4 is 23.6 Å². The van der Waals surface area contributed by atoms with Crippen molar-refractivity contribution in [1.82, 2.24) is 5.32 Å². The number of nitrogens with one attached hydrogen (secondary N) is 1. The number of carbonyl (C=O) groups excluding carboxylic acids is 4. The van der Waals surface area contributed by atoms with Crippen LogP contribution in [-0.4, -0.2) is 100 Å². The lowest BCUT2D eigenvalue weighted by Gasteiger charge is -2.46. The molecule has 274 valence electrons. The van der Waals surface area contributed by atoms with E-state index in [4.69, 9.17) is 33.2 Å². The Balaban J connectivity index is 1.31. The number of hydrogen-bond donors (Lipinski definition) is 1. The first-order valence-electron chi connectivity index (χ1n) is 18.3. The summed E-state index contributed by atoms with van der Waals surface area (Å²) in [5.74, 6) is -1.67. The third kappa shape index (κ3) is 6.97. The summed E-state index contributed by atoms with van der Waals surface area (Å²) in [7, 11) is 4.87. The number of fused-ring (bicyclic) bond motifs is 8. The Morgan fingerprint density at radius 2 is 1.65 bits per heavy atom. The quantitative estimate of drug-likeness (QED) is 0.392. The Morgan fingerprint density at radius 3 is 2.33 bits per heavy atom. The van der Waals surface area contributed by atoms with Gasteiger partial charge < -0.3 is 38.5 Å². The second-order valence-corrected chi connectivity index (χ2v) is 15.2. The highest BCUT2D eigenvalue weighted by Gasteiger charge is 2.61. The first-order valence-corrected chi connectivity index (χ1v) is 18.3. The molecule has 3 aliphatic carbocycles. The monoisotopic (exact) mass is 689 g/mol. The summed E-state index contributed by atoms with van der Waals surface area (Å²) in [6.45, 7) is 7.14. The minimum atomic E-state index is -0.676. The van der Waals surface area contributed by atoms with Gasteiger partial charge in [0.15, 0.2) is 12.1 Å². The predicted octanol–water partition coefficient (Wildman–Crippen LogP) is 3.53. The van der Waals surface area contributed by atoms with Crippen molar-refractivity contribution in [3.05, 3.63) is 11.6 Å². The number of ketones is 1. The van der Waals surface area contributed by atoms with Crippen LogP contribution in [0.1, 0.15) is 79.1 Å². The Morgan fingerprint density at radius 1 is 0.939 bits per heavy atom. The van der Waals surface area contributed by atoms with Gasteiger partial charge in [0.2, 0.25) is 5.91 Å². The summed E-state index contributed by atoms with van der Waals surface area (Å²) in [5, 5.41) is 3.29. The van der Waals surface area contributed by atoms with Crippen molar-refractivity contribution < 1.29 is 52.3 Å². The van der Waals surface area contributed by atoms with Crippen LogP contribution >= 0.6 is 0 Å². The summed E-state index contributed by atoms with van der Waals surface area (Å²) < 4.78 is 42.0. The van der Waals surface area contributed by atoms with E-state index in [1.807, 2.05) is 20.8 Å². The minimum Gasteiger partial charge on any atom is -0.462 e. The number of rotatable bonds is 7. The molecular formula is C37H55NO11. The van der Waals surface area contributed by atoms with E-state index in [1.165, 1.54) is 6.92 Å². The summed E-state index contributed by atoms with van der Waals surface area (Å²) in [4.78, 5) is 53.2. The van der Waals surface area contributed by atoms with E-state index in [0.717, 1.165) is 6.42 Å². The van der Waals surface area contributed by atoms with E-state index in [-0.39, 0.29) is 90.2 Å². The molecule has 2 unspecified atom stereocenters. The molecule has 5 fully saturated rings. The highest BCUT2D eigenvalue weighted by atomic mass is 16.7. The molecule has 2 saturated carbocycles. The maximum atomic E-state index is 14.4. The molecule has 6 rings (SSSR count). The standard InChI is InChI=1S/C37H55NO11/c1-8-20-10-9-11-28(47-19(4)39)17(2)33(42)26-14-23-22-12-21(49-37-36(45-7)35(44-6)34(43-5)18(3)46-37)13-25(22)32-27(15-29(40)38-32)31(23)24(26)16-30(41)48-20/h14,17-18,20-25,27-28,31-32,34-37H,8-13,15-16H2,1-7H3,(H,38,40)/t17-,18+,20+,21+,22+,23+,24-,25-,27?,28+,31-,32?,34+,35-,36-,37+/m1/s1. The van der Waals surface area contributed by atoms with Gasteiger partial charge in [0.1, 0.15) is 30.5 Å². The number of allylic oxidation sites excluding steroid dienone is 2. The SMILES string of the molecule is CC[C@H]1CCC[C@H](OC(C)=O)[C@@H](C)C(=O)C2=C[C@H]3[C@@H]4C[C@H](O[C@@H]5O[C@@H](C)[C@H](OC)[C@@H](OC)[C@H]5OC)C[C@H]4C4NC(=O)CC4[C@H]3[C@@H]2CC(=O)O1. The van der Waals surface area contributed by atoms with Crippen LogP contribution in [-0.2, 0) is 52.3 Å². The molecule has 1 amide bonds. The second kappa shape index (κ2) is 15.1.